The highest BCUT2D eigenvalue weighted by Gasteiger charge is 2.35. The van der Waals surface area contributed by atoms with Crippen molar-refractivity contribution in [1.29, 1.82) is 0 Å². The van der Waals surface area contributed by atoms with E-state index in [1.54, 1.807) is 17.6 Å². The molecule has 1 amide bonds. The Balaban J connectivity index is 1.30. The highest BCUT2D eigenvalue weighted by Crippen LogP contribution is 2.35. The lowest BCUT2D eigenvalue weighted by atomic mass is 10.1. The van der Waals surface area contributed by atoms with Gasteiger partial charge in [-0.1, -0.05) is 30.0 Å². The highest BCUT2D eigenvalue weighted by atomic mass is 32.2. The number of hydrazone groups is 1. The van der Waals surface area contributed by atoms with E-state index in [0.717, 1.165) is 10.6 Å². The molecule has 4 aromatic rings. The van der Waals surface area contributed by atoms with Gasteiger partial charge in [0, 0.05) is 6.42 Å². The smallest absolute Gasteiger partial charge is 0.277 e. The number of rotatable bonds is 8. The number of ether oxygens (including phenoxy) is 1. The number of thioether (sulfide) groups is 1. The summed E-state index contributed by atoms with van der Waals surface area (Å²) in [4.78, 5) is 14.2. The molecule has 0 bridgehead atoms. The van der Waals surface area contributed by atoms with E-state index in [2.05, 4.69) is 15.3 Å². The number of furan rings is 1. The largest absolute Gasteiger partial charge is 0.493 e. The first kappa shape index (κ1) is 21.5. The van der Waals surface area contributed by atoms with Crippen molar-refractivity contribution in [3.63, 3.8) is 0 Å². The second kappa shape index (κ2) is 9.63. The van der Waals surface area contributed by atoms with Crippen LogP contribution in [0.2, 0.25) is 0 Å². The van der Waals surface area contributed by atoms with E-state index in [1.165, 1.54) is 16.8 Å². The van der Waals surface area contributed by atoms with Gasteiger partial charge in [0.1, 0.15) is 17.6 Å². The van der Waals surface area contributed by atoms with Crippen molar-refractivity contribution in [2.24, 2.45) is 5.10 Å². The van der Waals surface area contributed by atoms with Crippen LogP contribution in [0.5, 0.6) is 5.75 Å². The molecule has 1 aliphatic heterocycles. The van der Waals surface area contributed by atoms with Crippen molar-refractivity contribution in [1.82, 2.24) is 15.2 Å². The van der Waals surface area contributed by atoms with E-state index in [0.29, 0.717) is 41.2 Å². The summed E-state index contributed by atoms with van der Waals surface area (Å²) in [7, 11) is 0. The minimum atomic E-state index is -0.276. The first-order valence-corrected chi connectivity index (χ1v) is 12.2. The Morgan fingerprint density at radius 2 is 2.12 bits per heavy atom. The van der Waals surface area contributed by atoms with E-state index in [4.69, 9.17) is 13.6 Å². The zero-order valence-electron chi connectivity index (χ0n) is 17.7. The molecule has 0 spiro atoms. The van der Waals surface area contributed by atoms with Crippen LogP contribution in [0.25, 0.3) is 11.5 Å². The van der Waals surface area contributed by atoms with E-state index in [1.807, 2.05) is 60.8 Å². The van der Waals surface area contributed by atoms with Gasteiger partial charge in [-0.3, -0.25) is 4.79 Å². The summed E-state index contributed by atoms with van der Waals surface area (Å²) in [6, 6.07) is 14.9. The third-order valence-corrected chi connectivity index (χ3v) is 6.71. The van der Waals surface area contributed by atoms with Crippen LogP contribution in [0.4, 0.5) is 0 Å². The fourth-order valence-corrected chi connectivity index (χ4v) is 4.86. The van der Waals surface area contributed by atoms with E-state index < -0.39 is 0 Å². The van der Waals surface area contributed by atoms with Crippen LogP contribution in [0, 0.1) is 0 Å². The van der Waals surface area contributed by atoms with Crippen LogP contribution in [-0.4, -0.2) is 39.2 Å². The van der Waals surface area contributed by atoms with Gasteiger partial charge in [-0.2, -0.15) is 5.10 Å². The van der Waals surface area contributed by atoms with Gasteiger partial charge in [0.2, 0.25) is 0 Å². The Labute approximate surface area is 198 Å². The summed E-state index contributed by atoms with van der Waals surface area (Å²) >= 11 is 2.78. The Kier molecular flexibility index (Phi) is 6.27. The molecule has 1 atom stereocenters. The van der Waals surface area contributed by atoms with Crippen molar-refractivity contribution in [3.05, 3.63) is 70.8 Å². The number of carbonyl (C=O) groups is 1. The zero-order valence-corrected chi connectivity index (χ0v) is 19.3. The number of para-hydroxylation sites is 1. The fourth-order valence-electron chi connectivity index (χ4n) is 3.53. The molecule has 10 heteroatoms. The molecule has 0 radical (unpaired) electrons. The van der Waals surface area contributed by atoms with Crippen molar-refractivity contribution < 1.29 is 18.4 Å². The number of hydrogen-bond donors (Lipinski definition) is 0. The van der Waals surface area contributed by atoms with Gasteiger partial charge >= 0.3 is 0 Å². The number of aromatic nitrogens is 2. The molecule has 0 aliphatic carbocycles. The van der Waals surface area contributed by atoms with Gasteiger partial charge in [-0.05, 0) is 42.6 Å². The number of thiophene rings is 1. The lowest BCUT2D eigenvalue weighted by molar-refractivity contribution is -0.130. The molecule has 8 nitrogen and oxygen atoms in total. The average molecular weight is 481 g/mol. The fraction of sp³-hybridized carbons (Fsp3) is 0.217. The van der Waals surface area contributed by atoms with Crippen LogP contribution < -0.4 is 4.74 Å². The topological polar surface area (TPSA) is 94.0 Å². The summed E-state index contributed by atoms with van der Waals surface area (Å²) in [5.74, 6) is 1.66. The Morgan fingerprint density at radius 1 is 1.21 bits per heavy atom. The summed E-state index contributed by atoms with van der Waals surface area (Å²) < 4.78 is 17.0. The summed E-state index contributed by atoms with van der Waals surface area (Å²) in [5.41, 5.74) is 1.59. The third-order valence-electron chi connectivity index (χ3n) is 4.99. The molecule has 1 aliphatic rings. The molecule has 0 fully saturated rings. The zero-order chi connectivity index (χ0) is 22.6. The maximum absolute atomic E-state index is 13.1. The van der Waals surface area contributed by atoms with Crippen LogP contribution in [0.1, 0.15) is 30.0 Å². The predicted molar refractivity (Wildman–Crippen MR) is 125 cm³/mol. The lowest BCUT2D eigenvalue weighted by Crippen LogP contribution is -2.28. The van der Waals surface area contributed by atoms with E-state index in [9.17, 15) is 4.79 Å². The predicted octanol–water partition coefficient (Wildman–Crippen LogP) is 5.26. The minimum absolute atomic E-state index is 0.104. The summed E-state index contributed by atoms with van der Waals surface area (Å²) in [6.07, 6.45) is 2.21. The number of hydrogen-bond acceptors (Lipinski definition) is 9. The van der Waals surface area contributed by atoms with E-state index >= 15 is 0 Å². The number of amides is 1. The standard InChI is InChI=1S/C23H20N4O4S2/c1-2-29-18-8-4-3-7-15(18)22-24-25-23(31-22)33-14-21(28)27-17(19-9-5-11-30-19)13-16(26-27)20-10-6-12-32-20/h3-12,17H,2,13-14H2,1H3. The highest BCUT2D eigenvalue weighted by molar-refractivity contribution is 7.99. The molecular formula is C23H20N4O4S2. The van der Waals surface area contributed by atoms with Gasteiger partial charge in [0.25, 0.3) is 17.0 Å². The Bertz CT molecular complexity index is 1250. The van der Waals surface area contributed by atoms with Gasteiger partial charge in [-0.25, -0.2) is 5.01 Å². The number of nitrogens with zero attached hydrogens (tertiary/aromatic N) is 4. The molecule has 168 valence electrons. The molecule has 1 aromatic carbocycles. The second-order valence-electron chi connectivity index (χ2n) is 7.09. The van der Waals surface area contributed by atoms with Crippen LogP contribution in [0.15, 0.2) is 79.3 Å². The van der Waals surface area contributed by atoms with Crippen LogP contribution in [-0.2, 0) is 4.79 Å². The van der Waals surface area contributed by atoms with Crippen molar-refractivity contribution in [2.45, 2.75) is 24.6 Å². The minimum Gasteiger partial charge on any atom is -0.493 e. The molecule has 4 heterocycles. The van der Waals surface area contributed by atoms with Gasteiger partial charge in [-0.15, -0.1) is 21.5 Å². The Hall–Kier alpha value is -3.37. The van der Waals surface area contributed by atoms with Crippen molar-refractivity contribution in [2.75, 3.05) is 12.4 Å². The first-order chi connectivity index (χ1) is 16.2. The van der Waals surface area contributed by atoms with Crippen LogP contribution in [0.3, 0.4) is 0 Å². The molecule has 5 rings (SSSR count). The molecule has 0 N–H and O–H groups in total. The number of carbonyl (C=O) groups excluding carboxylic acids is 1. The maximum Gasteiger partial charge on any atom is 0.277 e. The quantitative estimate of drug-likeness (QED) is 0.318. The first-order valence-electron chi connectivity index (χ1n) is 10.4. The van der Waals surface area contributed by atoms with Crippen LogP contribution >= 0.6 is 23.1 Å². The Morgan fingerprint density at radius 3 is 2.91 bits per heavy atom. The molecule has 0 saturated heterocycles. The third kappa shape index (κ3) is 4.57. The lowest BCUT2D eigenvalue weighted by Gasteiger charge is -2.19. The van der Waals surface area contributed by atoms with Crippen molar-refractivity contribution in [3.8, 4) is 17.2 Å². The normalized spacial score (nSPS) is 15.6. The molecule has 0 saturated carbocycles. The SMILES string of the molecule is CCOc1ccccc1-c1nnc(SCC(=O)N2N=C(c3cccs3)CC2c2ccco2)o1. The summed E-state index contributed by atoms with van der Waals surface area (Å²) in [5, 5.41) is 16.6. The van der Waals surface area contributed by atoms with Gasteiger partial charge in [0.15, 0.2) is 0 Å². The summed E-state index contributed by atoms with van der Waals surface area (Å²) in [6.45, 7) is 2.44. The van der Waals surface area contributed by atoms with Gasteiger partial charge in [0.05, 0.1) is 34.8 Å². The molecular weight excluding hydrogens is 460 g/mol. The molecule has 33 heavy (non-hydrogen) atoms. The second-order valence-corrected chi connectivity index (χ2v) is 8.96. The van der Waals surface area contributed by atoms with Gasteiger partial charge < -0.3 is 13.6 Å². The maximum atomic E-state index is 13.1. The molecule has 3 aromatic heterocycles. The average Bonchev–Trinajstić information content (AvgIpc) is 3.63. The number of benzene rings is 1. The molecule has 1 unspecified atom stereocenters. The van der Waals surface area contributed by atoms with Crippen molar-refractivity contribution >= 4 is 34.7 Å². The van der Waals surface area contributed by atoms with E-state index in [-0.39, 0.29) is 17.7 Å². The monoisotopic (exact) mass is 480 g/mol.